The van der Waals surface area contributed by atoms with E-state index in [-0.39, 0.29) is 11.7 Å². The van der Waals surface area contributed by atoms with Gasteiger partial charge in [-0.25, -0.2) is 0 Å². The van der Waals surface area contributed by atoms with Crippen molar-refractivity contribution in [1.29, 1.82) is 0 Å². The van der Waals surface area contributed by atoms with E-state index in [0.717, 1.165) is 32.3 Å². The van der Waals surface area contributed by atoms with Crippen LogP contribution >= 0.6 is 0 Å². The van der Waals surface area contributed by atoms with Gasteiger partial charge in [-0.05, 0) is 26.2 Å². The molecule has 1 N–H and O–H groups in total. The van der Waals surface area contributed by atoms with E-state index in [1.54, 1.807) is 0 Å². The van der Waals surface area contributed by atoms with Crippen LogP contribution in [0.2, 0.25) is 0 Å². The van der Waals surface area contributed by atoms with Crippen molar-refractivity contribution >= 4 is 0 Å². The second-order valence-electron chi connectivity index (χ2n) is 6.84. The Morgan fingerprint density at radius 1 is 0.857 bits per heavy atom. The summed E-state index contributed by atoms with van der Waals surface area (Å²) in [5, 5.41) is 10.6. The minimum absolute atomic E-state index is 0.214. The molecule has 1 aliphatic rings. The maximum Gasteiger partial charge on any atom is 0.0939 e. The van der Waals surface area contributed by atoms with Gasteiger partial charge in [-0.2, -0.15) is 0 Å². The lowest BCUT2D eigenvalue weighted by atomic mass is 9.79. The Labute approximate surface area is 132 Å². The molecule has 1 unspecified atom stereocenters. The maximum absolute atomic E-state index is 10.6. The van der Waals surface area contributed by atoms with Crippen molar-refractivity contribution in [3.63, 3.8) is 0 Å². The summed E-state index contributed by atoms with van der Waals surface area (Å²) >= 11 is 0. The predicted octanol–water partition coefficient (Wildman–Crippen LogP) is 5.62. The Bertz CT molecular complexity index is 228. The van der Waals surface area contributed by atoms with Crippen molar-refractivity contribution in [2.45, 2.75) is 115 Å². The molecule has 0 spiro atoms. The second-order valence-corrected chi connectivity index (χ2v) is 6.84. The topological polar surface area (TPSA) is 29.5 Å². The van der Waals surface area contributed by atoms with E-state index in [1.165, 1.54) is 64.2 Å². The molecule has 126 valence electrons. The summed E-state index contributed by atoms with van der Waals surface area (Å²) in [5.74, 6) is 0. The van der Waals surface area contributed by atoms with Crippen LogP contribution in [0.15, 0.2) is 0 Å². The van der Waals surface area contributed by atoms with Crippen molar-refractivity contribution in [2.75, 3.05) is 6.61 Å². The smallest absolute Gasteiger partial charge is 0.0939 e. The van der Waals surface area contributed by atoms with Crippen LogP contribution in [0.4, 0.5) is 0 Å². The molecule has 1 saturated carbocycles. The summed E-state index contributed by atoms with van der Waals surface area (Å²) in [7, 11) is 0. The van der Waals surface area contributed by atoms with Crippen LogP contribution in [0.25, 0.3) is 0 Å². The minimum atomic E-state index is -0.252. The molecule has 0 heterocycles. The first-order chi connectivity index (χ1) is 10.2. The molecule has 1 rings (SSSR count). The number of ether oxygens (including phenoxy) is 1. The molecule has 21 heavy (non-hydrogen) atoms. The average molecular weight is 299 g/mol. The van der Waals surface area contributed by atoms with Gasteiger partial charge < -0.3 is 9.84 Å². The van der Waals surface area contributed by atoms with Gasteiger partial charge in [-0.3, -0.25) is 0 Å². The molecular weight excluding hydrogens is 260 g/mol. The van der Waals surface area contributed by atoms with Gasteiger partial charge >= 0.3 is 0 Å². The Morgan fingerprint density at radius 3 is 2.00 bits per heavy atom. The number of hydrogen-bond donors (Lipinski definition) is 1. The van der Waals surface area contributed by atoms with Crippen LogP contribution in [0.3, 0.4) is 0 Å². The van der Waals surface area contributed by atoms with Crippen molar-refractivity contribution in [3.8, 4) is 0 Å². The average Bonchev–Trinajstić information content (AvgIpc) is 2.51. The van der Waals surface area contributed by atoms with Gasteiger partial charge in [0.2, 0.25) is 0 Å². The van der Waals surface area contributed by atoms with Crippen LogP contribution in [-0.4, -0.2) is 23.4 Å². The maximum atomic E-state index is 10.6. The third-order valence-electron chi connectivity index (χ3n) is 5.07. The highest BCUT2D eigenvalue weighted by molar-refractivity contribution is 4.91. The summed E-state index contributed by atoms with van der Waals surface area (Å²) < 4.78 is 6.00. The number of aliphatic hydroxyl groups is 1. The molecule has 1 atom stereocenters. The quantitative estimate of drug-likeness (QED) is 0.474. The highest BCUT2D eigenvalue weighted by Gasteiger charge is 2.39. The SMILES string of the molecule is CCCCCCCCCCC(O)C1(OCC)CCCCC1. The molecule has 0 saturated heterocycles. The fourth-order valence-corrected chi connectivity index (χ4v) is 3.75. The van der Waals surface area contributed by atoms with E-state index >= 15 is 0 Å². The molecule has 0 aromatic carbocycles. The lowest BCUT2D eigenvalue weighted by Gasteiger charge is -2.41. The highest BCUT2D eigenvalue weighted by atomic mass is 16.5. The summed E-state index contributed by atoms with van der Waals surface area (Å²) in [6, 6.07) is 0. The van der Waals surface area contributed by atoms with Crippen LogP contribution in [0.5, 0.6) is 0 Å². The molecule has 0 aliphatic heterocycles. The molecular formula is C19H38O2. The normalized spacial score (nSPS) is 19.6. The summed E-state index contributed by atoms with van der Waals surface area (Å²) in [6.45, 7) is 5.05. The molecule has 0 aromatic rings. The largest absolute Gasteiger partial charge is 0.390 e. The van der Waals surface area contributed by atoms with Gasteiger partial charge in [-0.15, -0.1) is 0 Å². The van der Waals surface area contributed by atoms with Gasteiger partial charge in [0.15, 0.2) is 0 Å². The Balaban J connectivity index is 2.14. The van der Waals surface area contributed by atoms with E-state index in [0.29, 0.717) is 0 Å². The monoisotopic (exact) mass is 298 g/mol. The van der Waals surface area contributed by atoms with E-state index in [2.05, 4.69) is 13.8 Å². The van der Waals surface area contributed by atoms with Gasteiger partial charge in [0.05, 0.1) is 11.7 Å². The lowest BCUT2D eigenvalue weighted by molar-refractivity contribution is -0.141. The first-order valence-corrected chi connectivity index (χ1v) is 9.57. The van der Waals surface area contributed by atoms with E-state index in [9.17, 15) is 5.11 Å². The van der Waals surface area contributed by atoms with Crippen LogP contribution in [0, 0.1) is 0 Å². The molecule has 0 radical (unpaired) electrons. The van der Waals surface area contributed by atoms with Crippen molar-refractivity contribution < 1.29 is 9.84 Å². The Morgan fingerprint density at radius 2 is 1.43 bits per heavy atom. The third kappa shape index (κ3) is 7.15. The predicted molar refractivity (Wildman–Crippen MR) is 90.7 cm³/mol. The summed E-state index contributed by atoms with van der Waals surface area (Å²) in [5.41, 5.74) is -0.214. The minimum Gasteiger partial charge on any atom is -0.390 e. The van der Waals surface area contributed by atoms with Crippen molar-refractivity contribution in [3.05, 3.63) is 0 Å². The molecule has 2 nitrogen and oxygen atoms in total. The van der Waals surface area contributed by atoms with E-state index in [4.69, 9.17) is 4.74 Å². The lowest BCUT2D eigenvalue weighted by Crippen LogP contribution is -2.46. The van der Waals surface area contributed by atoms with Crippen LogP contribution < -0.4 is 0 Å². The van der Waals surface area contributed by atoms with Crippen LogP contribution in [-0.2, 0) is 4.74 Å². The van der Waals surface area contributed by atoms with Gasteiger partial charge in [-0.1, -0.05) is 77.6 Å². The number of unbranched alkanes of at least 4 members (excludes halogenated alkanes) is 7. The van der Waals surface area contributed by atoms with Crippen molar-refractivity contribution in [1.82, 2.24) is 0 Å². The van der Waals surface area contributed by atoms with Crippen molar-refractivity contribution in [2.24, 2.45) is 0 Å². The second kappa shape index (κ2) is 11.5. The van der Waals surface area contributed by atoms with Gasteiger partial charge in [0, 0.05) is 6.61 Å². The van der Waals surface area contributed by atoms with Crippen LogP contribution in [0.1, 0.15) is 104 Å². The standard InChI is InChI=1S/C19H38O2/c1-3-5-6-7-8-9-10-12-15-18(20)19(21-4-2)16-13-11-14-17-19/h18,20H,3-17H2,1-2H3. The molecule has 1 aliphatic carbocycles. The molecule has 0 aromatic heterocycles. The third-order valence-corrected chi connectivity index (χ3v) is 5.07. The molecule has 0 amide bonds. The molecule has 0 bridgehead atoms. The first kappa shape index (κ1) is 19.0. The summed E-state index contributed by atoms with van der Waals surface area (Å²) in [6.07, 6.45) is 17.1. The molecule has 1 fully saturated rings. The van der Waals surface area contributed by atoms with E-state index < -0.39 is 0 Å². The van der Waals surface area contributed by atoms with Gasteiger partial charge in [0.1, 0.15) is 0 Å². The van der Waals surface area contributed by atoms with E-state index in [1.807, 2.05) is 0 Å². The number of hydrogen-bond acceptors (Lipinski definition) is 2. The summed E-state index contributed by atoms with van der Waals surface area (Å²) in [4.78, 5) is 0. The fraction of sp³-hybridized carbons (Fsp3) is 1.00. The zero-order valence-corrected chi connectivity index (χ0v) is 14.5. The zero-order chi connectivity index (χ0) is 15.4. The Kier molecular flexibility index (Phi) is 10.4. The fourth-order valence-electron chi connectivity index (χ4n) is 3.75. The number of rotatable bonds is 12. The number of aliphatic hydroxyl groups excluding tert-OH is 1. The first-order valence-electron chi connectivity index (χ1n) is 9.57. The zero-order valence-electron chi connectivity index (χ0n) is 14.5. The Hall–Kier alpha value is -0.0800. The molecule has 2 heteroatoms. The highest BCUT2D eigenvalue weighted by Crippen LogP contribution is 2.36. The van der Waals surface area contributed by atoms with Gasteiger partial charge in [0.25, 0.3) is 0 Å².